The zero-order valence-corrected chi connectivity index (χ0v) is 18.6. The van der Waals surface area contributed by atoms with E-state index in [0.717, 1.165) is 5.56 Å². The Morgan fingerprint density at radius 1 is 1.25 bits per heavy atom. The van der Waals surface area contributed by atoms with E-state index in [1.807, 2.05) is 30.3 Å². The second kappa shape index (κ2) is 10.2. The Morgan fingerprint density at radius 3 is 2.59 bits per heavy atom. The average molecular weight is 455 g/mol. The molecule has 0 saturated heterocycles. The molecule has 0 aliphatic carbocycles. The fraction of sp³-hybridized carbons (Fsp3) is 0.208. The number of hydrogen-bond donors (Lipinski definition) is 1. The second-order valence-corrected chi connectivity index (χ2v) is 7.90. The fourth-order valence-electron chi connectivity index (χ4n) is 3.14. The minimum atomic E-state index is -0.545. The molecule has 0 atom stereocenters. The Morgan fingerprint density at radius 2 is 1.97 bits per heavy atom. The lowest BCUT2D eigenvalue weighted by molar-refractivity contribution is -0.136. The molecule has 0 aliphatic heterocycles. The highest BCUT2D eigenvalue weighted by molar-refractivity contribution is 6.30. The van der Waals surface area contributed by atoms with Gasteiger partial charge in [0.25, 0.3) is 0 Å². The summed E-state index contributed by atoms with van der Waals surface area (Å²) in [6, 6.07) is 13.7. The van der Waals surface area contributed by atoms with Crippen molar-refractivity contribution in [3.8, 4) is 16.9 Å². The van der Waals surface area contributed by atoms with Gasteiger partial charge in [-0.1, -0.05) is 61.9 Å². The molecule has 2 aromatic carbocycles. The Kier molecular flexibility index (Phi) is 7.43. The van der Waals surface area contributed by atoms with Crippen molar-refractivity contribution >= 4 is 29.4 Å². The lowest BCUT2D eigenvalue weighted by Gasteiger charge is -2.22. The monoisotopic (exact) mass is 454 g/mol. The summed E-state index contributed by atoms with van der Waals surface area (Å²) >= 11 is 5.96. The van der Waals surface area contributed by atoms with Crippen molar-refractivity contribution in [2.45, 2.75) is 13.8 Å². The average Bonchev–Trinajstić information content (AvgIpc) is 3.19. The normalized spacial score (nSPS) is 10.8. The molecule has 0 bridgehead atoms. The number of hydrogen-bond acceptors (Lipinski definition) is 3. The first-order chi connectivity index (χ1) is 15.3. The first kappa shape index (κ1) is 23.2. The van der Waals surface area contributed by atoms with Gasteiger partial charge in [-0.15, -0.1) is 6.58 Å². The molecule has 1 N–H and O–H groups in total. The van der Waals surface area contributed by atoms with Crippen LogP contribution in [0, 0.1) is 11.7 Å². The summed E-state index contributed by atoms with van der Waals surface area (Å²) in [6.07, 6.45) is 3.30. The number of benzene rings is 2. The molecular formula is C24H24ClFN4O2. The Bertz CT molecular complexity index is 1130. The van der Waals surface area contributed by atoms with Crippen LogP contribution in [0.1, 0.15) is 13.8 Å². The van der Waals surface area contributed by atoms with Crippen molar-refractivity contribution in [1.82, 2.24) is 14.5 Å². The number of carbonyl (C=O) groups is 2. The molecule has 0 aliphatic rings. The molecule has 0 radical (unpaired) electrons. The van der Waals surface area contributed by atoms with E-state index in [4.69, 9.17) is 11.6 Å². The van der Waals surface area contributed by atoms with Crippen LogP contribution in [0.25, 0.3) is 16.9 Å². The number of anilines is 1. The number of nitrogens with zero attached hydrogens (tertiary/aromatic N) is 3. The van der Waals surface area contributed by atoms with Gasteiger partial charge in [-0.05, 0) is 18.2 Å². The summed E-state index contributed by atoms with van der Waals surface area (Å²) in [5.41, 5.74) is 1.99. The third kappa shape index (κ3) is 5.42. The summed E-state index contributed by atoms with van der Waals surface area (Å²) in [6.45, 7) is 7.30. The maximum atomic E-state index is 13.7. The van der Waals surface area contributed by atoms with Gasteiger partial charge < -0.3 is 4.90 Å². The summed E-state index contributed by atoms with van der Waals surface area (Å²) < 4.78 is 15.3. The third-order valence-electron chi connectivity index (χ3n) is 4.70. The Labute approximate surface area is 191 Å². The predicted molar refractivity (Wildman–Crippen MR) is 124 cm³/mol. The van der Waals surface area contributed by atoms with Gasteiger partial charge in [0.05, 0.1) is 16.4 Å². The molecule has 166 valence electrons. The van der Waals surface area contributed by atoms with Crippen molar-refractivity contribution in [1.29, 1.82) is 0 Å². The van der Waals surface area contributed by atoms with Crippen LogP contribution in [0.15, 0.2) is 67.4 Å². The second-order valence-electron chi connectivity index (χ2n) is 7.49. The van der Waals surface area contributed by atoms with Crippen LogP contribution >= 0.6 is 11.6 Å². The van der Waals surface area contributed by atoms with Gasteiger partial charge in [-0.25, -0.2) is 9.37 Å². The lowest BCUT2D eigenvalue weighted by Crippen LogP contribution is -2.40. The van der Waals surface area contributed by atoms with E-state index in [2.05, 4.69) is 16.9 Å². The fourth-order valence-corrected chi connectivity index (χ4v) is 3.31. The van der Waals surface area contributed by atoms with Gasteiger partial charge >= 0.3 is 0 Å². The van der Waals surface area contributed by atoms with E-state index >= 15 is 0 Å². The highest BCUT2D eigenvalue weighted by Gasteiger charge is 2.21. The number of rotatable bonds is 8. The zero-order valence-electron chi connectivity index (χ0n) is 17.9. The van der Waals surface area contributed by atoms with Crippen LogP contribution in [-0.2, 0) is 9.59 Å². The maximum Gasteiger partial charge on any atom is 0.246 e. The Hall–Kier alpha value is -3.45. The highest BCUT2D eigenvalue weighted by atomic mass is 35.5. The molecular weight excluding hydrogens is 431 g/mol. The molecule has 0 fully saturated rings. The van der Waals surface area contributed by atoms with Crippen LogP contribution in [0.3, 0.4) is 0 Å². The van der Waals surface area contributed by atoms with E-state index in [1.54, 1.807) is 36.8 Å². The summed E-state index contributed by atoms with van der Waals surface area (Å²) in [7, 11) is 0. The molecule has 0 spiro atoms. The van der Waals surface area contributed by atoms with Crippen molar-refractivity contribution in [3.63, 3.8) is 0 Å². The van der Waals surface area contributed by atoms with Gasteiger partial charge in [0.15, 0.2) is 0 Å². The highest BCUT2D eigenvalue weighted by Crippen LogP contribution is 2.26. The minimum absolute atomic E-state index is 0.0468. The minimum Gasteiger partial charge on any atom is -0.329 e. The number of amides is 2. The molecule has 8 heteroatoms. The number of carbonyl (C=O) groups excluding carboxylic acids is 2. The van der Waals surface area contributed by atoms with Gasteiger partial charge in [-0.3, -0.25) is 19.5 Å². The predicted octanol–water partition coefficient (Wildman–Crippen LogP) is 4.94. The molecule has 32 heavy (non-hydrogen) atoms. The molecule has 0 unspecified atom stereocenters. The summed E-state index contributed by atoms with van der Waals surface area (Å²) in [5.74, 6) is -1.14. The van der Waals surface area contributed by atoms with E-state index < -0.39 is 11.7 Å². The standard InChI is InChI=1S/C24H24ClFN4O2/c1-4-12-29(23(32)16(2)3)15-22(31)28-24-27-21(17-8-6-5-7-9-17)14-30(24)18-10-11-20(26)19(25)13-18/h4-11,13-14,16H,1,12,15H2,2-3H3,(H,27,28,31). The lowest BCUT2D eigenvalue weighted by atomic mass is 10.2. The van der Waals surface area contributed by atoms with Crippen molar-refractivity contribution in [3.05, 3.63) is 78.2 Å². The zero-order chi connectivity index (χ0) is 23.3. The first-order valence-corrected chi connectivity index (χ1v) is 10.5. The number of imidazole rings is 1. The van der Waals surface area contributed by atoms with Crippen LogP contribution in [0.2, 0.25) is 5.02 Å². The van der Waals surface area contributed by atoms with Gasteiger partial charge in [0.2, 0.25) is 17.8 Å². The first-order valence-electron chi connectivity index (χ1n) is 10.1. The van der Waals surface area contributed by atoms with E-state index in [-0.39, 0.29) is 35.9 Å². The van der Waals surface area contributed by atoms with Crippen LogP contribution in [0.5, 0.6) is 0 Å². The van der Waals surface area contributed by atoms with Gasteiger partial charge in [-0.2, -0.15) is 0 Å². The maximum absolute atomic E-state index is 13.7. The summed E-state index contributed by atoms with van der Waals surface area (Å²) in [5, 5.41) is 2.72. The SMILES string of the molecule is C=CCN(CC(=O)Nc1nc(-c2ccccc2)cn1-c1ccc(F)c(Cl)c1)C(=O)C(C)C. The van der Waals surface area contributed by atoms with Crippen molar-refractivity contribution in [2.75, 3.05) is 18.4 Å². The number of aromatic nitrogens is 2. The molecule has 1 aromatic heterocycles. The number of halogens is 2. The van der Waals surface area contributed by atoms with Gasteiger partial charge in [0, 0.05) is 24.2 Å². The molecule has 3 rings (SSSR count). The number of nitrogens with one attached hydrogen (secondary N) is 1. The molecule has 0 saturated carbocycles. The van der Waals surface area contributed by atoms with Gasteiger partial charge in [0.1, 0.15) is 12.4 Å². The summed E-state index contributed by atoms with van der Waals surface area (Å²) in [4.78, 5) is 31.2. The largest absolute Gasteiger partial charge is 0.329 e. The van der Waals surface area contributed by atoms with Crippen LogP contribution in [0.4, 0.5) is 10.3 Å². The van der Waals surface area contributed by atoms with Crippen LogP contribution < -0.4 is 5.32 Å². The van der Waals surface area contributed by atoms with E-state index in [0.29, 0.717) is 11.4 Å². The molecule has 3 aromatic rings. The van der Waals surface area contributed by atoms with Crippen molar-refractivity contribution < 1.29 is 14.0 Å². The third-order valence-corrected chi connectivity index (χ3v) is 4.99. The van der Waals surface area contributed by atoms with Crippen molar-refractivity contribution in [2.24, 2.45) is 5.92 Å². The molecule has 6 nitrogen and oxygen atoms in total. The molecule has 1 heterocycles. The topological polar surface area (TPSA) is 67.2 Å². The molecule has 2 amide bonds. The van der Waals surface area contributed by atoms with Crippen LogP contribution in [-0.4, -0.2) is 39.4 Å². The smallest absolute Gasteiger partial charge is 0.246 e. The van der Waals surface area contributed by atoms with E-state index in [1.165, 1.54) is 17.0 Å². The Balaban J connectivity index is 1.94. The quantitative estimate of drug-likeness (QED) is 0.490. The van der Waals surface area contributed by atoms with E-state index in [9.17, 15) is 14.0 Å².